The number of benzene rings is 1. The van der Waals surface area contributed by atoms with Crippen molar-refractivity contribution in [2.75, 3.05) is 39.6 Å². The largest absolute Gasteiger partial charge is 0.454 e. The Hall–Kier alpha value is -2.14. The summed E-state index contributed by atoms with van der Waals surface area (Å²) in [5.74, 6) is 1.17. The molecule has 0 unspecified atom stereocenters. The van der Waals surface area contributed by atoms with E-state index < -0.39 is 0 Å². The number of carbonyl (C=O) groups excluding carboxylic acids is 2. The number of nitrogens with zero attached hydrogens (tertiary/aromatic N) is 2. The summed E-state index contributed by atoms with van der Waals surface area (Å²) in [6.45, 7) is 3.23. The number of hydrogen-bond donors (Lipinski definition) is 1. The van der Waals surface area contributed by atoms with Gasteiger partial charge in [-0.15, -0.1) is 0 Å². The van der Waals surface area contributed by atoms with Gasteiger partial charge in [-0.05, 0) is 30.2 Å². The zero-order valence-corrected chi connectivity index (χ0v) is 17.4. The van der Waals surface area contributed by atoms with Gasteiger partial charge in [-0.25, -0.2) is 5.01 Å². The molecule has 0 aromatic heterocycles. The Morgan fingerprint density at radius 3 is 2.86 bits per heavy atom. The van der Waals surface area contributed by atoms with Crippen LogP contribution in [0.3, 0.4) is 0 Å². The number of hydrogen-bond acceptors (Lipinski definition) is 8. The molecular formula is C19H21N3O5S2. The minimum Gasteiger partial charge on any atom is -0.454 e. The van der Waals surface area contributed by atoms with Gasteiger partial charge in [0.15, 0.2) is 11.5 Å². The molecule has 4 rings (SSSR count). The highest BCUT2D eigenvalue weighted by Crippen LogP contribution is 2.36. The van der Waals surface area contributed by atoms with Crippen LogP contribution >= 0.6 is 24.0 Å². The van der Waals surface area contributed by atoms with Gasteiger partial charge in [0.25, 0.3) is 5.91 Å². The Bertz CT molecular complexity index is 854. The third-order valence-electron chi connectivity index (χ3n) is 4.65. The lowest BCUT2D eigenvalue weighted by Crippen LogP contribution is -2.48. The van der Waals surface area contributed by atoms with Crippen molar-refractivity contribution in [3.05, 3.63) is 28.7 Å². The van der Waals surface area contributed by atoms with E-state index in [4.69, 9.17) is 26.4 Å². The number of rotatable bonds is 6. The number of carbonyl (C=O) groups is 2. The van der Waals surface area contributed by atoms with Crippen LogP contribution in [0.25, 0.3) is 6.08 Å². The number of thiocarbonyl (C=S) groups is 1. The van der Waals surface area contributed by atoms with Crippen molar-refractivity contribution in [1.29, 1.82) is 0 Å². The van der Waals surface area contributed by atoms with Crippen molar-refractivity contribution < 1.29 is 23.8 Å². The smallest absolute Gasteiger partial charge is 0.266 e. The predicted octanol–water partition coefficient (Wildman–Crippen LogP) is 1.76. The number of hydrazine groups is 1. The number of ether oxygens (including phenoxy) is 3. The SMILES string of the molecule is O=C(CCCN1C(=O)/C(=C/c2ccc3c(c2)OCO3)SC1=S)NN1CCOCC1. The number of morpholine rings is 1. The van der Waals surface area contributed by atoms with Gasteiger partial charge >= 0.3 is 0 Å². The van der Waals surface area contributed by atoms with E-state index in [1.54, 1.807) is 11.0 Å². The summed E-state index contributed by atoms with van der Waals surface area (Å²) in [5, 5.41) is 1.86. The minimum atomic E-state index is -0.133. The lowest BCUT2D eigenvalue weighted by Gasteiger charge is -2.27. The Labute approximate surface area is 178 Å². The molecule has 0 atom stereocenters. The molecule has 0 bridgehead atoms. The van der Waals surface area contributed by atoms with E-state index in [1.165, 1.54) is 11.8 Å². The number of fused-ring (bicyclic) bond motifs is 1. The van der Waals surface area contributed by atoms with Gasteiger partial charge in [0.1, 0.15) is 4.32 Å². The summed E-state index contributed by atoms with van der Waals surface area (Å²) < 4.78 is 16.4. The van der Waals surface area contributed by atoms with Crippen LogP contribution in [0.1, 0.15) is 18.4 Å². The molecule has 1 N–H and O–H groups in total. The average Bonchev–Trinajstić information content (AvgIpc) is 3.28. The van der Waals surface area contributed by atoms with Crippen molar-refractivity contribution in [2.24, 2.45) is 0 Å². The average molecular weight is 436 g/mol. The van der Waals surface area contributed by atoms with E-state index in [-0.39, 0.29) is 18.6 Å². The molecule has 0 radical (unpaired) electrons. The maximum Gasteiger partial charge on any atom is 0.266 e. The minimum absolute atomic E-state index is 0.0618. The summed E-state index contributed by atoms with van der Waals surface area (Å²) in [4.78, 5) is 26.9. The second kappa shape index (κ2) is 9.12. The Morgan fingerprint density at radius 2 is 2.03 bits per heavy atom. The fourth-order valence-electron chi connectivity index (χ4n) is 3.15. The van der Waals surface area contributed by atoms with Crippen LogP contribution in [0.2, 0.25) is 0 Å². The monoisotopic (exact) mass is 435 g/mol. The lowest BCUT2D eigenvalue weighted by molar-refractivity contribution is -0.128. The van der Waals surface area contributed by atoms with Gasteiger partial charge in [0, 0.05) is 26.1 Å². The molecule has 0 aliphatic carbocycles. The number of nitrogens with one attached hydrogen (secondary N) is 1. The van der Waals surface area contributed by atoms with Crippen LogP contribution in [-0.4, -0.2) is 65.7 Å². The molecule has 3 heterocycles. The summed E-state index contributed by atoms with van der Waals surface area (Å²) in [7, 11) is 0. The molecule has 3 aliphatic heterocycles. The van der Waals surface area contributed by atoms with Crippen LogP contribution < -0.4 is 14.9 Å². The van der Waals surface area contributed by atoms with Crippen molar-refractivity contribution >= 4 is 46.2 Å². The Morgan fingerprint density at radius 1 is 1.24 bits per heavy atom. The fourth-order valence-corrected chi connectivity index (χ4v) is 4.46. The zero-order chi connectivity index (χ0) is 20.2. The zero-order valence-electron chi connectivity index (χ0n) is 15.7. The topological polar surface area (TPSA) is 80.3 Å². The molecule has 29 heavy (non-hydrogen) atoms. The van der Waals surface area contributed by atoms with Gasteiger partial charge in [-0.1, -0.05) is 30.0 Å². The van der Waals surface area contributed by atoms with Gasteiger partial charge in [0.2, 0.25) is 12.7 Å². The quantitative estimate of drug-likeness (QED) is 0.535. The molecule has 2 fully saturated rings. The van der Waals surface area contributed by atoms with Crippen molar-refractivity contribution in [3.8, 4) is 11.5 Å². The Balaban J connectivity index is 1.29. The highest BCUT2D eigenvalue weighted by atomic mass is 32.2. The molecule has 0 spiro atoms. The van der Waals surface area contributed by atoms with Crippen LogP contribution in [0, 0.1) is 0 Å². The van der Waals surface area contributed by atoms with Crippen LogP contribution in [0.5, 0.6) is 11.5 Å². The first-order valence-electron chi connectivity index (χ1n) is 9.37. The first kappa shape index (κ1) is 20.1. The van der Waals surface area contributed by atoms with Crippen LogP contribution in [-0.2, 0) is 14.3 Å². The molecule has 1 aromatic rings. The Kier molecular flexibility index (Phi) is 6.34. The van der Waals surface area contributed by atoms with E-state index in [9.17, 15) is 9.59 Å². The molecule has 1 aromatic carbocycles. The molecule has 2 amide bonds. The van der Waals surface area contributed by atoms with Gasteiger partial charge in [-0.3, -0.25) is 19.9 Å². The fraction of sp³-hybridized carbons (Fsp3) is 0.421. The first-order chi connectivity index (χ1) is 14.1. The third kappa shape index (κ3) is 4.89. The third-order valence-corrected chi connectivity index (χ3v) is 6.03. The van der Waals surface area contributed by atoms with Gasteiger partial charge in [0.05, 0.1) is 18.1 Å². The molecule has 2 saturated heterocycles. The highest BCUT2D eigenvalue weighted by molar-refractivity contribution is 8.26. The summed E-state index contributed by atoms with van der Waals surface area (Å²) in [5.41, 5.74) is 3.71. The second-order valence-electron chi connectivity index (χ2n) is 6.68. The summed E-state index contributed by atoms with van der Waals surface area (Å²) in [6.07, 6.45) is 2.67. The predicted molar refractivity (Wildman–Crippen MR) is 112 cm³/mol. The molecule has 0 saturated carbocycles. The standard InChI is InChI=1S/C19H21N3O5S2/c23-17(20-21-6-8-25-9-7-21)2-1-5-22-18(24)16(29-19(22)28)11-13-3-4-14-15(10-13)27-12-26-14/h3-4,10-11H,1-2,5-9,12H2,(H,20,23)/b16-11-. The van der Waals surface area contributed by atoms with E-state index in [0.29, 0.717) is 66.4 Å². The van der Waals surface area contributed by atoms with E-state index in [2.05, 4.69) is 5.43 Å². The molecule has 8 nitrogen and oxygen atoms in total. The summed E-state index contributed by atoms with van der Waals surface area (Å²) in [6, 6.07) is 5.53. The second-order valence-corrected chi connectivity index (χ2v) is 8.36. The maximum absolute atomic E-state index is 12.7. The number of thioether (sulfide) groups is 1. The van der Waals surface area contributed by atoms with Crippen molar-refractivity contribution in [1.82, 2.24) is 15.3 Å². The lowest BCUT2D eigenvalue weighted by atomic mass is 10.2. The number of amides is 2. The molecule has 10 heteroatoms. The van der Waals surface area contributed by atoms with E-state index in [0.717, 1.165) is 5.56 Å². The van der Waals surface area contributed by atoms with E-state index in [1.807, 2.05) is 23.2 Å². The van der Waals surface area contributed by atoms with Crippen LogP contribution in [0.15, 0.2) is 23.1 Å². The van der Waals surface area contributed by atoms with Gasteiger partial charge in [-0.2, -0.15) is 0 Å². The van der Waals surface area contributed by atoms with Crippen molar-refractivity contribution in [3.63, 3.8) is 0 Å². The van der Waals surface area contributed by atoms with Crippen molar-refractivity contribution in [2.45, 2.75) is 12.8 Å². The van der Waals surface area contributed by atoms with Gasteiger partial charge < -0.3 is 14.2 Å². The highest BCUT2D eigenvalue weighted by Gasteiger charge is 2.31. The molecule has 3 aliphatic rings. The first-order valence-corrected chi connectivity index (χ1v) is 10.6. The molecular weight excluding hydrogens is 414 g/mol. The summed E-state index contributed by atoms with van der Waals surface area (Å²) >= 11 is 6.63. The maximum atomic E-state index is 12.7. The molecule has 154 valence electrons. The van der Waals surface area contributed by atoms with Crippen LogP contribution in [0.4, 0.5) is 0 Å². The normalized spacial score (nSPS) is 20.6. The van der Waals surface area contributed by atoms with E-state index >= 15 is 0 Å².